The van der Waals surface area contributed by atoms with E-state index in [2.05, 4.69) is 38.8 Å². The van der Waals surface area contributed by atoms with Crippen molar-refractivity contribution >= 4 is 37.5 Å². The zero-order valence-electron chi connectivity index (χ0n) is 17.9. The molecule has 0 amide bonds. The maximum Gasteiger partial charge on any atom is 0.211 e. The van der Waals surface area contributed by atoms with Gasteiger partial charge < -0.3 is 4.90 Å². The summed E-state index contributed by atoms with van der Waals surface area (Å²) < 4.78 is 32.8. The van der Waals surface area contributed by atoms with Crippen LogP contribution in [0.25, 0.3) is 10.1 Å². The Labute approximate surface area is 184 Å². The predicted molar refractivity (Wildman–Crippen MR) is 126 cm³/mol. The molecule has 30 heavy (non-hydrogen) atoms. The molecular formula is C22H34N4O2S2. The van der Waals surface area contributed by atoms with E-state index in [1.165, 1.54) is 16.5 Å². The molecule has 0 bridgehead atoms. The monoisotopic (exact) mass is 450 g/mol. The van der Waals surface area contributed by atoms with Crippen molar-refractivity contribution in [1.29, 1.82) is 0 Å². The van der Waals surface area contributed by atoms with Crippen molar-refractivity contribution in [1.82, 2.24) is 14.0 Å². The van der Waals surface area contributed by atoms with Gasteiger partial charge in [-0.2, -0.15) is 4.37 Å². The van der Waals surface area contributed by atoms with Gasteiger partial charge in [-0.1, -0.05) is 19.1 Å². The third kappa shape index (κ3) is 5.52. The van der Waals surface area contributed by atoms with Crippen LogP contribution in [0, 0.1) is 5.92 Å². The lowest BCUT2D eigenvalue weighted by Gasteiger charge is -2.36. The summed E-state index contributed by atoms with van der Waals surface area (Å²) in [6.45, 7) is 7.34. The lowest BCUT2D eigenvalue weighted by molar-refractivity contribution is 0.214. The Kier molecular flexibility index (Phi) is 7.28. The van der Waals surface area contributed by atoms with Gasteiger partial charge in [-0.3, -0.25) is 4.90 Å². The summed E-state index contributed by atoms with van der Waals surface area (Å²) in [6.07, 6.45) is 6.16. The standard InChI is InChI=1S/C22H34N4O2S2/c1-2-17-30(27,28)24-19-9-7-18(8-10-19)11-12-25-13-15-26(16-14-25)22-20-5-3-4-6-21(20)29-23-22/h3-6,18-19,24H,2,7-17H2,1H3. The van der Waals surface area contributed by atoms with Crippen molar-refractivity contribution in [2.45, 2.75) is 51.5 Å². The molecule has 0 unspecified atom stereocenters. The number of benzene rings is 1. The minimum atomic E-state index is -3.08. The molecule has 6 nitrogen and oxygen atoms in total. The van der Waals surface area contributed by atoms with Crippen molar-refractivity contribution in [2.24, 2.45) is 5.92 Å². The molecule has 2 aliphatic rings. The van der Waals surface area contributed by atoms with Crippen LogP contribution in [-0.4, -0.2) is 62.2 Å². The Morgan fingerprint density at radius 3 is 2.57 bits per heavy atom. The molecular weight excluding hydrogens is 416 g/mol. The molecule has 0 spiro atoms. The number of rotatable bonds is 8. The Balaban J connectivity index is 1.18. The van der Waals surface area contributed by atoms with Crippen LogP contribution in [-0.2, 0) is 10.0 Å². The van der Waals surface area contributed by atoms with Crippen molar-refractivity contribution in [3.8, 4) is 0 Å². The van der Waals surface area contributed by atoms with E-state index >= 15 is 0 Å². The molecule has 2 fully saturated rings. The van der Waals surface area contributed by atoms with Crippen LogP contribution in [0.1, 0.15) is 45.4 Å². The molecule has 1 saturated heterocycles. The predicted octanol–water partition coefficient (Wildman–Crippen LogP) is 3.70. The lowest BCUT2D eigenvalue weighted by atomic mass is 9.84. The highest BCUT2D eigenvalue weighted by Gasteiger charge is 2.26. The summed E-state index contributed by atoms with van der Waals surface area (Å²) in [5, 5.41) is 1.28. The highest BCUT2D eigenvalue weighted by atomic mass is 32.2. The summed E-state index contributed by atoms with van der Waals surface area (Å²) >= 11 is 1.60. The zero-order valence-corrected chi connectivity index (χ0v) is 19.6. The van der Waals surface area contributed by atoms with Gasteiger partial charge in [-0.25, -0.2) is 13.1 Å². The second kappa shape index (κ2) is 9.94. The first kappa shape index (κ1) is 22.0. The maximum absolute atomic E-state index is 12.0. The minimum absolute atomic E-state index is 0.147. The van der Waals surface area contributed by atoms with E-state index < -0.39 is 10.0 Å². The van der Waals surface area contributed by atoms with Crippen molar-refractivity contribution in [3.05, 3.63) is 24.3 Å². The number of nitrogens with one attached hydrogen (secondary N) is 1. The third-order valence-corrected chi connectivity index (χ3v) is 9.00. The molecule has 1 aliphatic carbocycles. The Morgan fingerprint density at radius 2 is 1.83 bits per heavy atom. The number of sulfonamides is 1. The van der Waals surface area contributed by atoms with Crippen molar-refractivity contribution in [3.63, 3.8) is 0 Å². The molecule has 1 saturated carbocycles. The summed E-state index contributed by atoms with van der Waals surface area (Å²) in [6, 6.07) is 8.65. The Morgan fingerprint density at radius 1 is 1.10 bits per heavy atom. The second-order valence-corrected chi connectivity index (χ2v) is 11.5. The van der Waals surface area contributed by atoms with E-state index in [4.69, 9.17) is 4.37 Å². The second-order valence-electron chi connectivity index (χ2n) is 8.77. The molecule has 166 valence electrons. The number of aromatic nitrogens is 1. The maximum atomic E-state index is 12.0. The van der Waals surface area contributed by atoms with Gasteiger partial charge in [0.15, 0.2) is 0 Å². The zero-order chi connectivity index (χ0) is 21.0. The van der Waals surface area contributed by atoms with Gasteiger partial charge in [0.25, 0.3) is 0 Å². The average Bonchev–Trinajstić information content (AvgIpc) is 3.17. The van der Waals surface area contributed by atoms with Gasteiger partial charge >= 0.3 is 0 Å². The van der Waals surface area contributed by atoms with Crippen LogP contribution in [0.3, 0.4) is 0 Å². The van der Waals surface area contributed by atoms with E-state index in [-0.39, 0.29) is 11.8 Å². The number of piperazine rings is 1. The Bertz CT molecular complexity index is 914. The normalized spacial score (nSPS) is 23.8. The topological polar surface area (TPSA) is 65.5 Å². The van der Waals surface area contributed by atoms with E-state index in [0.717, 1.165) is 70.1 Å². The molecule has 2 heterocycles. The smallest absolute Gasteiger partial charge is 0.211 e. The fourth-order valence-corrected chi connectivity index (χ4v) is 6.99. The SMILES string of the molecule is CCCS(=O)(=O)NC1CCC(CCN2CCN(c3nsc4ccccc34)CC2)CC1. The number of fused-ring (bicyclic) bond motifs is 1. The van der Waals surface area contributed by atoms with Crippen LogP contribution in [0.5, 0.6) is 0 Å². The molecule has 1 aromatic carbocycles. The first-order chi connectivity index (χ1) is 14.5. The quantitative estimate of drug-likeness (QED) is 0.664. The molecule has 0 radical (unpaired) electrons. The van der Waals surface area contributed by atoms with Gasteiger partial charge in [-0.15, -0.1) is 0 Å². The van der Waals surface area contributed by atoms with Crippen LogP contribution in [0.4, 0.5) is 5.82 Å². The molecule has 8 heteroatoms. The van der Waals surface area contributed by atoms with Gasteiger partial charge in [0.2, 0.25) is 10.0 Å². The van der Waals surface area contributed by atoms with Crippen molar-refractivity contribution < 1.29 is 8.42 Å². The number of anilines is 1. The number of nitrogens with zero attached hydrogens (tertiary/aromatic N) is 3. The summed E-state index contributed by atoms with van der Waals surface area (Å²) in [5.74, 6) is 2.13. The molecule has 4 rings (SSSR count). The molecule has 2 aromatic rings. The summed E-state index contributed by atoms with van der Waals surface area (Å²) in [7, 11) is -3.08. The fourth-order valence-electron chi connectivity index (χ4n) is 4.80. The molecule has 1 N–H and O–H groups in total. The highest BCUT2D eigenvalue weighted by molar-refractivity contribution is 7.89. The average molecular weight is 451 g/mol. The summed E-state index contributed by atoms with van der Waals surface area (Å²) in [4.78, 5) is 5.02. The molecule has 0 atom stereocenters. The molecule has 1 aromatic heterocycles. The van der Waals surface area contributed by atoms with Gasteiger partial charge in [0.1, 0.15) is 5.82 Å². The third-order valence-electron chi connectivity index (χ3n) is 6.55. The molecule has 1 aliphatic heterocycles. The summed E-state index contributed by atoms with van der Waals surface area (Å²) in [5.41, 5.74) is 0. The van der Waals surface area contributed by atoms with Gasteiger partial charge in [-0.05, 0) is 74.7 Å². The highest BCUT2D eigenvalue weighted by Crippen LogP contribution is 2.30. The fraction of sp³-hybridized carbons (Fsp3) is 0.682. The van der Waals surface area contributed by atoms with Crippen LogP contribution < -0.4 is 9.62 Å². The van der Waals surface area contributed by atoms with Gasteiger partial charge in [0.05, 0.1) is 10.5 Å². The number of hydrogen-bond acceptors (Lipinski definition) is 6. The Hall–Kier alpha value is -1.22. The van der Waals surface area contributed by atoms with E-state index in [1.54, 1.807) is 11.5 Å². The first-order valence-electron chi connectivity index (χ1n) is 11.4. The van der Waals surface area contributed by atoms with E-state index in [1.807, 2.05) is 6.92 Å². The minimum Gasteiger partial charge on any atom is -0.353 e. The van der Waals surface area contributed by atoms with Crippen LogP contribution >= 0.6 is 11.5 Å². The van der Waals surface area contributed by atoms with Crippen LogP contribution in [0.15, 0.2) is 24.3 Å². The van der Waals surface area contributed by atoms with Crippen molar-refractivity contribution in [2.75, 3.05) is 43.4 Å². The van der Waals surface area contributed by atoms with E-state index in [0.29, 0.717) is 6.42 Å². The lowest BCUT2D eigenvalue weighted by Crippen LogP contribution is -2.47. The van der Waals surface area contributed by atoms with E-state index in [9.17, 15) is 8.42 Å². The van der Waals surface area contributed by atoms with Crippen LogP contribution in [0.2, 0.25) is 0 Å². The largest absolute Gasteiger partial charge is 0.353 e. The van der Waals surface area contributed by atoms with Gasteiger partial charge in [0, 0.05) is 37.6 Å². The first-order valence-corrected chi connectivity index (χ1v) is 13.8. The number of hydrogen-bond donors (Lipinski definition) is 1.